The smallest absolute Gasteiger partial charge is 0.153 e. The van der Waals surface area contributed by atoms with E-state index in [2.05, 4.69) is 4.98 Å². The molecule has 0 aliphatic rings. The molecule has 0 aliphatic carbocycles. The number of aromatic amines is 1. The molecule has 5 nitrogen and oxygen atoms in total. The summed E-state index contributed by atoms with van der Waals surface area (Å²) in [4.78, 5) is 13.6. The number of aldehydes is 1. The molecule has 90 valence electrons. The minimum atomic E-state index is -1.15. The van der Waals surface area contributed by atoms with Crippen molar-refractivity contribution in [1.82, 2.24) is 4.98 Å². The number of methoxy groups -OCH3 is 2. The summed E-state index contributed by atoms with van der Waals surface area (Å²) in [7, 11) is 3.09. The van der Waals surface area contributed by atoms with Crippen molar-refractivity contribution in [3.8, 4) is 11.5 Å². The number of benzene rings is 1. The highest BCUT2D eigenvalue weighted by Crippen LogP contribution is 2.34. The largest absolute Gasteiger partial charge is 0.497 e. The summed E-state index contributed by atoms with van der Waals surface area (Å²) < 4.78 is 10.4. The molecule has 0 bridgehead atoms. The van der Waals surface area contributed by atoms with Gasteiger partial charge in [-0.3, -0.25) is 0 Å². The number of carbonyl (C=O) groups excluding carboxylic acids is 1. The number of hydrogen-bond donors (Lipinski definition) is 2. The predicted molar refractivity (Wildman–Crippen MR) is 62.4 cm³/mol. The second-order valence-corrected chi connectivity index (χ2v) is 3.58. The zero-order valence-electron chi connectivity index (χ0n) is 9.56. The molecule has 5 heteroatoms. The number of aliphatic hydroxyl groups is 1. The molecule has 1 atom stereocenters. The van der Waals surface area contributed by atoms with E-state index in [1.807, 2.05) is 0 Å². The molecule has 2 N–H and O–H groups in total. The van der Waals surface area contributed by atoms with Gasteiger partial charge in [0.1, 0.15) is 17.6 Å². The molecule has 17 heavy (non-hydrogen) atoms. The Bertz CT molecular complexity index is 547. The zero-order chi connectivity index (χ0) is 12.4. The molecule has 0 spiro atoms. The monoisotopic (exact) mass is 235 g/mol. The van der Waals surface area contributed by atoms with E-state index in [4.69, 9.17) is 9.47 Å². The molecule has 0 saturated heterocycles. The number of ether oxygens (including phenoxy) is 2. The van der Waals surface area contributed by atoms with Gasteiger partial charge in [0.05, 0.1) is 19.7 Å². The molecule has 0 fully saturated rings. The summed E-state index contributed by atoms with van der Waals surface area (Å²) >= 11 is 0. The standard InChI is InChI=1S/C12H13NO4/c1-16-7-3-8-9(10(15)6-14)5-13-12(8)11(4-7)17-2/h3-6,10,13,15H,1-2H3. The van der Waals surface area contributed by atoms with E-state index in [9.17, 15) is 9.90 Å². The van der Waals surface area contributed by atoms with Crippen LogP contribution in [0.5, 0.6) is 11.5 Å². The fourth-order valence-corrected chi connectivity index (χ4v) is 1.79. The van der Waals surface area contributed by atoms with E-state index in [1.54, 1.807) is 32.5 Å². The lowest BCUT2D eigenvalue weighted by molar-refractivity contribution is -0.115. The van der Waals surface area contributed by atoms with E-state index < -0.39 is 6.10 Å². The maximum Gasteiger partial charge on any atom is 0.153 e. The van der Waals surface area contributed by atoms with Crippen LogP contribution in [0.4, 0.5) is 0 Å². The molecule has 2 aromatic rings. The lowest BCUT2D eigenvalue weighted by Gasteiger charge is -2.07. The normalized spacial score (nSPS) is 12.4. The molecule has 0 amide bonds. The van der Waals surface area contributed by atoms with Gasteiger partial charge in [-0.1, -0.05) is 0 Å². The molecule has 0 radical (unpaired) electrons. The average molecular weight is 235 g/mol. The molecular formula is C12H13NO4. The summed E-state index contributed by atoms with van der Waals surface area (Å²) in [5.74, 6) is 1.21. The van der Waals surface area contributed by atoms with Gasteiger partial charge >= 0.3 is 0 Å². The van der Waals surface area contributed by atoms with Crippen molar-refractivity contribution < 1.29 is 19.4 Å². The summed E-state index contributed by atoms with van der Waals surface area (Å²) in [6.45, 7) is 0. The molecule has 1 heterocycles. The van der Waals surface area contributed by atoms with Gasteiger partial charge in [0.2, 0.25) is 0 Å². The number of hydrogen-bond acceptors (Lipinski definition) is 4. The summed E-state index contributed by atoms with van der Waals surface area (Å²) in [6.07, 6.45) is 0.917. The van der Waals surface area contributed by atoms with Crippen molar-refractivity contribution in [2.24, 2.45) is 0 Å². The van der Waals surface area contributed by atoms with Crippen LogP contribution in [-0.2, 0) is 4.79 Å². The first-order valence-corrected chi connectivity index (χ1v) is 5.07. The van der Waals surface area contributed by atoms with Crippen molar-refractivity contribution >= 4 is 17.2 Å². The third kappa shape index (κ3) is 1.85. The highest BCUT2D eigenvalue weighted by atomic mass is 16.5. The number of carbonyl (C=O) groups is 1. The maximum atomic E-state index is 10.6. The lowest BCUT2D eigenvalue weighted by Crippen LogP contribution is -1.96. The van der Waals surface area contributed by atoms with Gasteiger partial charge in [0.15, 0.2) is 6.29 Å². The van der Waals surface area contributed by atoms with Crippen LogP contribution in [0.2, 0.25) is 0 Å². The minimum Gasteiger partial charge on any atom is -0.497 e. The summed E-state index contributed by atoms with van der Waals surface area (Å²) in [5, 5.41) is 10.3. The number of aliphatic hydroxyl groups excluding tert-OH is 1. The summed E-state index contributed by atoms with van der Waals surface area (Å²) in [5.41, 5.74) is 1.23. The van der Waals surface area contributed by atoms with Gasteiger partial charge in [0.25, 0.3) is 0 Å². The molecule has 1 aromatic heterocycles. The van der Waals surface area contributed by atoms with E-state index >= 15 is 0 Å². The Kier molecular flexibility index (Phi) is 3.01. The minimum absolute atomic E-state index is 0.481. The molecule has 1 aromatic carbocycles. The van der Waals surface area contributed by atoms with Crippen LogP contribution in [-0.4, -0.2) is 30.6 Å². The highest BCUT2D eigenvalue weighted by molar-refractivity contribution is 5.91. The van der Waals surface area contributed by atoms with Gasteiger partial charge in [0, 0.05) is 23.2 Å². The van der Waals surface area contributed by atoms with Gasteiger partial charge in [-0.25, -0.2) is 0 Å². The quantitative estimate of drug-likeness (QED) is 0.786. The van der Waals surface area contributed by atoms with Crippen molar-refractivity contribution in [3.05, 3.63) is 23.9 Å². The van der Waals surface area contributed by atoms with Crippen LogP contribution in [0.1, 0.15) is 11.7 Å². The van der Waals surface area contributed by atoms with E-state index in [0.717, 1.165) is 5.52 Å². The van der Waals surface area contributed by atoms with Gasteiger partial charge in [-0.2, -0.15) is 0 Å². The van der Waals surface area contributed by atoms with Crippen LogP contribution in [0.3, 0.4) is 0 Å². The van der Waals surface area contributed by atoms with Gasteiger partial charge in [-0.05, 0) is 6.07 Å². The van der Waals surface area contributed by atoms with Gasteiger partial charge < -0.3 is 24.4 Å². The van der Waals surface area contributed by atoms with Crippen molar-refractivity contribution in [2.75, 3.05) is 14.2 Å². The lowest BCUT2D eigenvalue weighted by atomic mass is 10.1. The maximum absolute atomic E-state index is 10.6. The Morgan fingerprint density at radius 1 is 1.35 bits per heavy atom. The molecule has 0 saturated carbocycles. The molecule has 1 unspecified atom stereocenters. The van der Waals surface area contributed by atoms with Crippen LogP contribution >= 0.6 is 0 Å². The van der Waals surface area contributed by atoms with Gasteiger partial charge in [-0.15, -0.1) is 0 Å². The Balaban J connectivity index is 2.69. The van der Waals surface area contributed by atoms with Crippen LogP contribution in [0.15, 0.2) is 18.3 Å². The average Bonchev–Trinajstić information content (AvgIpc) is 2.80. The molecule has 2 rings (SSSR count). The Morgan fingerprint density at radius 2 is 2.12 bits per heavy atom. The highest BCUT2D eigenvalue weighted by Gasteiger charge is 2.15. The zero-order valence-corrected chi connectivity index (χ0v) is 9.56. The first kappa shape index (κ1) is 11.5. The SMILES string of the molecule is COc1cc(OC)c2[nH]cc(C(O)C=O)c2c1. The first-order valence-electron chi connectivity index (χ1n) is 5.07. The number of fused-ring (bicyclic) bond motifs is 1. The Morgan fingerprint density at radius 3 is 2.71 bits per heavy atom. The van der Waals surface area contributed by atoms with Crippen molar-refractivity contribution in [1.29, 1.82) is 0 Å². The fraction of sp³-hybridized carbons (Fsp3) is 0.250. The van der Waals surface area contributed by atoms with E-state index in [0.29, 0.717) is 28.7 Å². The number of rotatable bonds is 4. The van der Waals surface area contributed by atoms with E-state index in [1.165, 1.54) is 0 Å². The van der Waals surface area contributed by atoms with E-state index in [-0.39, 0.29) is 0 Å². The van der Waals surface area contributed by atoms with Crippen LogP contribution < -0.4 is 9.47 Å². The number of nitrogens with one attached hydrogen (secondary N) is 1. The third-order valence-corrected chi connectivity index (χ3v) is 2.66. The Hall–Kier alpha value is -2.01. The van der Waals surface area contributed by atoms with Crippen LogP contribution in [0, 0.1) is 0 Å². The molecule has 0 aliphatic heterocycles. The molecular weight excluding hydrogens is 222 g/mol. The van der Waals surface area contributed by atoms with Crippen molar-refractivity contribution in [2.45, 2.75) is 6.10 Å². The topological polar surface area (TPSA) is 71.6 Å². The van der Waals surface area contributed by atoms with Crippen LogP contribution in [0.25, 0.3) is 10.9 Å². The summed E-state index contributed by atoms with van der Waals surface area (Å²) in [6, 6.07) is 3.48. The second kappa shape index (κ2) is 4.47. The number of H-pyrrole nitrogens is 1. The second-order valence-electron chi connectivity index (χ2n) is 3.58. The predicted octanol–water partition coefficient (Wildman–Crippen LogP) is 1.42. The third-order valence-electron chi connectivity index (χ3n) is 2.66. The van der Waals surface area contributed by atoms with Crippen molar-refractivity contribution in [3.63, 3.8) is 0 Å². The first-order chi connectivity index (χ1) is 8.21. The number of aromatic nitrogens is 1. The Labute approximate surface area is 98.0 Å². The fourth-order valence-electron chi connectivity index (χ4n) is 1.79.